The Morgan fingerprint density at radius 1 is 1.09 bits per heavy atom. The first kappa shape index (κ1) is 22.7. The van der Waals surface area contributed by atoms with Crippen LogP contribution in [0.25, 0.3) is 33.2 Å². The monoisotopic (exact) mass is 480 g/mol. The van der Waals surface area contributed by atoms with Gasteiger partial charge in [-0.25, -0.2) is 9.37 Å². The molecule has 0 bridgehead atoms. The van der Waals surface area contributed by atoms with Crippen molar-refractivity contribution in [3.05, 3.63) is 59.9 Å². The lowest BCUT2D eigenvalue weighted by atomic mass is 10.0. The number of fused-ring (bicyclic) bond motifs is 1. The molecule has 7 nitrogen and oxygen atoms in total. The summed E-state index contributed by atoms with van der Waals surface area (Å²) >= 11 is 6.30. The van der Waals surface area contributed by atoms with Crippen molar-refractivity contribution in [3.63, 3.8) is 0 Å². The van der Waals surface area contributed by atoms with E-state index < -0.39 is 0 Å². The van der Waals surface area contributed by atoms with Gasteiger partial charge in [0.2, 0.25) is 0 Å². The van der Waals surface area contributed by atoms with Crippen LogP contribution in [-0.4, -0.2) is 58.0 Å². The predicted molar refractivity (Wildman–Crippen MR) is 132 cm³/mol. The van der Waals surface area contributed by atoms with E-state index in [2.05, 4.69) is 30.8 Å². The molecule has 9 heteroatoms. The van der Waals surface area contributed by atoms with Crippen LogP contribution in [0.2, 0.25) is 5.02 Å². The maximum atomic E-state index is 14.1. The highest BCUT2D eigenvalue weighted by atomic mass is 35.5. The molecule has 1 saturated heterocycles. The molecular weight excluding hydrogens is 455 g/mol. The third-order valence-corrected chi connectivity index (χ3v) is 6.80. The fraction of sp³-hybridized carbons (Fsp3) is 0.320. The second-order valence-electron chi connectivity index (χ2n) is 8.58. The highest BCUT2D eigenvalue weighted by Crippen LogP contribution is 2.33. The van der Waals surface area contributed by atoms with Crippen molar-refractivity contribution in [2.24, 2.45) is 0 Å². The van der Waals surface area contributed by atoms with Crippen molar-refractivity contribution in [1.82, 2.24) is 24.6 Å². The van der Waals surface area contributed by atoms with E-state index in [0.717, 1.165) is 50.2 Å². The molecule has 176 valence electrons. The summed E-state index contributed by atoms with van der Waals surface area (Å²) in [6.07, 6.45) is 9.24. The first-order valence-electron chi connectivity index (χ1n) is 11.3. The van der Waals surface area contributed by atoms with E-state index in [1.54, 1.807) is 19.4 Å². The molecule has 0 aliphatic carbocycles. The summed E-state index contributed by atoms with van der Waals surface area (Å²) in [4.78, 5) is 11.2. The number of ether oxygens (including phenoxy) is 1. The Balaban J connectivity index is 1.40. The number of hydrogen-bond donors (Lipinski definition) is 1. The predicted octanol–water partition coefficient (Wildman–Crippen LogP) is 4.82. The van der Waals surface area contributed by atoms with Crippen molar-refractivity contribution in [2.45, 2.75) is 18.9 Å². The Morgan fingerprint density at radius 2 is 1.91 bits per heavy atom. The highest BCUT2D eigenvalue weighted by molar-refractivity contribution is 6.35. The van der Waals surface area contributed by atoms with Crippen LogP contribution in [-0.2, 0) is 4.74 Å². The van der Waals surface area contributed by atoms with Crippen LogP contribution in [0.15, 0.2) is 49.1 Å². The fourth-order valence-corrected chi connectivity index (χ4v) is 4.69. The summed E-state index contributed by atoms with van der Waals surface area (Å²) in [5, 5.41) is 6.04. The maximum Gasteiger partial charge on any atom is 0.132 e. The zero-order chi connectivity index (χ0) is 23.7. The summed E-state index contributed by atoms with van der Waals surface area (Å²) in [6.45, 7) is 3.80. The first-order chi connectivity index (χ1) is 16.5. The number of methoxy groups -OCH3 is 1. The van der Waals surface area contributed by atoms with Gasteiger partial charge in [-0.3, -0.25) is 9.67 Å². The van der Waals surface area contributed by atoms with E-state index in [1.807, 2.05) is 12.3 Å². The summed E-state index contributed by atoms with van der Waals surface area (Å²) in [5.74, 6) is -0.0193. The van der Waals surface area contributed by atoms with Gasteiger partial charge in [-0.15, -0.1) is 0 Å². The van der Waals surface area contributed by atoms with Crippen LogP contribution < -0.4 is 5.73 Å². The molecule has 4 heterocycles. The Kier molecular flexibility index (Phi) is 6.45. The minimum absolute atomic E-state index is 0.346. The largest absolute Gasteiger partial charge is 0.383 e. The molecule has 4 aromatic rings. The standard InChI is InChI=1S/C25H26ClFN6O/c1-34-9-8-32-6-4-18(5-7-32)33-15-17(13-31-33)16-10-20(25(28)30-12-16)24-11-19-21(14-29-24)23(27)3-2-22(19)26/h2-3,10-15,18H,4-9H2,1H3,(H2,28,30). The molecule has 1 fully saturated rings. The summed E-state index contributed by atoms with van der Waals surface area (Å²) in [6, 6.07) is 6.94. The van der Waals surface area contributed by atoms with Gasteiger partial charge in [-0.1, -0.05) is 11.6 Å². The molecule has 0 radical (unpaired) electrons. The van der Waals surface area contributed by atoms with Crippen LogP contribution >= 0.6 is 11.6 Å². The first-order valence-corrected chi connectivity index (χ1v) is 11.7. The molecule has 3 aromatic heterocycles. The van der Waals surface area contributed by atoms with Gasteiger partial charge in [0.05, 0.1) is 24.5 Å². The molecule has 1 aliphatic heterocycles. The number of nitrogen functional groups attached to an aromatic ring is 1. The smallest absolute Gasteiger partial charge is 0.132 e. The van der Waals surface area contributed by atoms with Crippen molar-refractivity contribution in [1.29, 1.82) is 0 Å². The Morgan fingerprint density at radius 3 is 2.71 bits per heavy atom. The number of aromatic nitrogens is 4. The number of piperidine rings is 1. The summed E-state index contributed by atoms with van der Waals surface area (Å²) in [5.41, 5.74) is 9.29. The number of anilines is 1. The van der Waals surface area contributed by atoms with Crippen molar-refractivity contribution < 1.29 is 9.13 Å². The van der Waals surface area contributed by atoms with Gasteiger partial charge in [0.1, 0.15) is 11.6 Å². The number of benzene rings is 1. The van der Waals surface area contributed by atoms with E-state index in [4.69, 9.17) is 22.1 Å². The third kappa shape index (κ3) is 4.49. The number of nitrogens with zero attached hydrogens (tertiary/aromatic N) is 5. The van der Waals surface area contributed by atoms with Gasteiger partial charge >= 0.3 is 0 Å². The normalized spacial score (nSPS) is 15.3. The maximum absolute atomic E-state index is 14.1. The van der Waals surface area contributed by atoms with Crippen molar-refractivity contribution in [2.75, 3.05) is 39.1 Å². The number of halogens is 2. The average molecular weight is 481 g/mol. The van der Waals surface area contributed by atoms with Gasteiger partial charge in [0.25, 0.3) is 0 Å². The van der Waals surface area contributed by atoms with E-state index in [9.17, 15) is 4.39 Å². The van der Waals surface area contributed by atoms with Crippen LogP contribution in [0.3, 0.4) is 0 Å². The molecule has 0 saturated carbocycles. The fourth-order valence-electron chi connectivity index (χ4n) is 4.47. The number of rotatable bonds is 6. The SMILES string of the molecule is COCCN1CCC(n2cc(-c3cnc(N)c(-c4cc5c(Cl)ccc(F)c5cn4)c3)cn2)CC1. The molecule has 0 unspecified atom stereocenters. The van der Waals surface area contributed by atoms with E-state index in [-0.39, 0.29) is 5.82 Å². The average Bonchev–Trinajstić information content (AvgIpc) is 3.36. The third-order valence-electron chi connectivity index (χ3n) is 6.47. The van der Waals surface area contributed by atoms with Gasteiger partial charge in [-0.05, 0) is 37.1 Å². The van der Waals surface area contributed by atoms with E-state index >= 15 is 0 Å². The minimum Gasteiger partial charge on any atom is -0.383 e. The molecule has 1 aromatic carbocycles. The lowest BCUT2D eigenvalue weighted by molar-refractivity contribution is 0.119. The molecule has 1 aliphatic rings. The minimum atomic E-state index is -0.366. The number of likely N-dealkylation sites (tertiary alicyclic amines) is 1. The van der Waals surface area contributed by atoms with Crippen LogP contribution in [0.4, 0.5) is 10.2 Å². The molecule has 0 amide bonds. The molecule has 5 rings (SSSR count). The number of pyridine rings is 2. The zero-order valence-electron chi connectivity index (χ0n) is 18.9. The second kappa shape index (κ2) is 9.66. The van der Waals surface area contributed by atoms with E-state index in [0.29, 0.717) is 38.9 Å². The lowest BCUT2D eigenvalue weighted by Crippen LogP contribution is -2.36. The van der Waals surface area contributed by atoms with Gasteiger partial charge in [-0.2, -0.15) is 5.10 Å². The van der Waals surface area contributed by atoms with Gasteiger partial charge in [0.15, 0.2) is 0 Å². The Labute approximate surface area is 202 Å². The van der Waals surface area contributed by atoms with Crippen molar-refractivity contribution >= 4 is 28.2 Å². The zero-order valence-corrected chi connectivity index (χ0v) is 19.7. The molecule has 2 N–H and O–H groups in total. The van der Waals surface area contributed by atoms with Gasteiger partial charge < -0.3 is 15.4 Å². The summed E-state index contributed by atoms with van der Waals surface area (Å²) in [7, 11) is 1.74. The quantitative estimate of drug-likeness (QED) is 0.426. The molecular formula is C25H26ClFN6O. The highest BCUT2D eigenvalue weighted by Gasteiger charge is 2.21. The van der Waals surface area contributed by atoms with Gasteiger partial charge in [0, 0.05) is 77.8 Å². The van der Waals surface area contributed by atoms with Crippen LogP contribution in [0.1, 0.15) is 18.9 Å². The van der Waals surface area contributed by atoms with Crippen molar-refractivity contribution in [3.8, 4) is 22.4 Å². The topological polar surface area (TPSA) is 82.1 Å². The number of nitrogens with two attached hydrogens (primary N) is 1. The second-order valence-corrected chi connectivity index (χ2v) is 8.98. The molecule has 34 heavy (non-hydrogen) atoms. The summed E-state index contributed by atoms with van der Waals surface area (Å²) < 4.78 is 21.4. The Bertz CT molecular complexity index is 1320. The lowest BCUT2D eigenvalue weighted by Gasteiger charge is -2.31. The van der Waals surface area contributed by atoms with E-state index in [1.165, 1.54) is 18.3 Å². The molecule has 0 atom stereocenters. The number of hydrogen-bond acceptors (Lipinski definition) is 6. The molecule has 0 spiro atoms. The van der Waals surface area contributed by atoms with Crippen LogP contribution in [0, 0.1) is 5.82 Å². The Hall–Kier alpha value is -3.07. The van der Waals surface area contributed by atoms with Crippen LogP contribution in [0.5, 0.6) is 0 Å².